The zero-order valence-corrected chi connectivity index (χ0v) is 41.6. The van der Waals surface area contributed by atoms with Crippen molar-refractivity contribution in [2.45, 2.75) is 0 Å². The van der Waals surface area contributed by atoms with E-state index >= 15 is 0 Å². The first-order valence-electron chi connectivity index (χ1n) is 25.7. The Bertz CT molecular complexity index is 4470. The highest BCUT2D eigenvalue weighted by Gasteiger charge is 2.48. The predicted octanol–water partition coefficient (Wildman–Crippen LogP) is 16.3. The zero-order chi connectivity index (χ0) is 48.7. The molecule has 0 fully saturated rings. The second kappa shape index (κ2) is 16.9. The summed E-state index contributed by atoms with van der Waals surface area (Å²) in [6.07, 6.45) is 2.39. The normalized spacial score (nSPS) is 12.7. The minimum Gasteiger partial charge on any atom is -0.316 e. The SMILES string of the molecule is c1ccc([Si]2(c3ccccc3)c3ccccc3-c3ccc(-n4cc(-c5ccc(-c6cc7ccccc7c7ccccc67)cc5)c5cc(-c6ccc(-c7cc8ccccc8c8ccccc78)cc6)ccc54)cc32)cc1. The lowest BCUT2D eigenvalue weighted by atomic mass is 9.92. The third-order valence-corrected chi connectivity index (χ3v) is 21.0. The van der Waals surface area contributed by atoms with Gasteiger partial charge in [-0.15, -0.1) is 0 Å². The van der Waals surface area contributed by atoms with Crippen molar-refractivity contribution in [2.75, 3.05) is 0 Å². The molecule has 1 nitrogen and oxygen atoms in total. The van der Waals surface area contributed by atoms with Gasteiger partial charge in [0.05, 0.1) is 5.52 Å². The van der Waals surface area contributed by atoms with Crippen LogP contribution in [0.15, 0.2) is 285 Å². The Morgan fingerprint density at radius 1 is 0.243 bits per heavy atom. The predicted molar refractivity (Wildman–Crippen MR) is 318 cm³/mol. The van der Waals surface area contributed by atoms with E-state index in [-0.39, 0.29) is 0 Å². The van der Waals surface area contributed by atoms with Crippen LogP contribution in [0.5, 0.6) is 0 Å². The van der Waals surface area contributed by atoms with Crippen molar-refractivity contribution in [1.82, 2.24) is 4.57 Å². The Hall–Kier alpha value is -9.34. The van der Waals surface area contributed by atoms with Crippen molar-refractivity contribution in [2.24, 2.45) is 0 Å². The Labute approximate surface area is 431 Å². The fourth-order valence-corrected chi connectivity index (χ4v) is 17.9. The maximum atomic E-state index is 2.53. The number of aromatic nitrogens is 1. The fourth-order valence-electron chi connectivity index (χ4n) is 12.7. The molecular weight excluding hydrogens is 907 g/mol. The average Bonchev–Trinajstić information content (AvgIpc) is 4.07. The molecule has 2 heteroatoms. The van der Waals surface area contributed by atoms with E-state index in [0.29, 0.717) is 0 Å². The third-order valence-electron chi connectivity index (χ3n) is 16.1. The number of hydrogen-bond donors (Lipinski definition) is 0. The lowest BCUT2D eigenvalue weighted by Crippen LogP contribution is -2.72. The maximum absolute atomic E-state index is 2.72. The van der Waals surface area contributed by atoms with E-state index in [9.17, 15) is 0 Å². The Morgan fingerprint density at radius 2 is 0.689 bits per heavy atom. The lowest BCUT2D eigenvalue weighted by Gasteiger charge is -2.31. The number of fused-ring (bicyclic) bond motifs is 10. The van der Waals surface area contributed by atoms with Gasteiger partial charge in [0.1, 0.15) is 0 Å². The summed E-state index contributed by atoms with van der Waals surface area (Å²) in [5.74, 6) is 0. The van der Waals surface area contributed by atoms with Gasteiger partial charge in [-0.05, 0) is 150 Å². The summed E-state index contributed by atoms with van der Waals surface area (Å²) in [5.41, 5.74) is 14.7. The fraction of sp³-hybridized carbons (Fsp3) is 0. The second-order valence-electron chi connectivity index (χ2n) is 19.9. The van der Waals surface area contributed by atoms with Crippen LogP contribution >= 0.6 is 0 Å². The lowest BCUT2D eigenvalue weighted by molar-refractivity contribution is 1.13. The molecule has 14 aromatic rings. The van der Waals surface area contributed by atoms with Gasteiger partial charge in [-0.2, -0.15) is 0 Å². The van der Waals surface area contributed by atoms with Crippen molar-refractivity contribution in [1.29, 1.82) is 0 Å². The molecule has 1 aliphatic heterocycles. The van der Waals surface area contributed by atoms with E-state index in [1.807, 2.05) is 0 Å². The van der Waals surface area contributed by atoms with Crippen molar-refractivity contribution >= 4 is 82.8 Å². The summed E-state index contributed by atoms with van der Waals surface area (Å²) in [6.45, 7) is 0. The molecule has 344 valence electrons. The molecule has 0 saturated carbocycles. The van der Waals surface area contributed by atoms with E-state index < -0.39 is 8.07 Å². The Morgan fingerprint density at radius 3 is 1.27 bits per heavy atom. The van der Waals surface area contributed by atoms with Gasteiger partial charge >= 0.3 is 0 Å². The summed E-state index contributed by atoms with van der Waals surface area (Å²) >= 11 is 0. The number of hydrogen-bond acceptors (Lipinski definition) is 0. The topological polar surface area (TPSA) is 4.93 Å². The largest absolute Gasteiger partial charge is 0.316 e. The molecule has 1 aliphatic rings. The average molecular weight is 954 g/mol. The van der Waals surface area contributed by atoms with Crippen LogP contribution < -0.4 is 20.7 Å². The summed E-state index contributed by atoms with van der Waals surface area (Å²) in [5, 5.41) is 17.1. The molecule has 2 heterocycles. The highest BCUT2D eigenvalue weighted by atomic mass is 28.3. The molecule has 0 bridgehead atoms. The number of benzene rings is 13. The van der Waals surface area contributed by atoms with Gasteiger partial charge < -0.3 is 4.57 Å². The first-order chi connectivity index (χ1) is 36.7. The van der Waals surface area contributed by atoms with E-state index in [0.717, 1.165) is 5.69 Å². The molecule has 74 heavy (non-hydrogen) atoms. The molecular formula is C72H47NSi. The summed E-state index contributed by atoms with van der Waals surface area (Å²) in [7, 11) is -2.72. The van der Waals surface area contributed by atoms with Crippen LogP contribution in [0, 0.1) is 0 Å². The molecule has 0 aliphatic carbocycles. The van der Waals surface area contributed by atoms with Gasteiger partial charge in [0.2, 0.25) is 0 Å². The van der Waals surface area contributed by atoms with Gasteiger partial charge in [0.15, 0.2) is 8.07 Å². The number of nitrogens with zero attached hydrogens (tertiary/aromatic N) is 1. The second-order valence-corrected chi connectivity index (χ2v) is 23.7. The molecule has 1 aromatic heterocycles. The van der Waals surface area contributed by atoms with Crippen LogP contribution in [-0.2, 0) is 0 Å². The van der Waals surface area contributed by atoms with Crippen molar-refractivity contribution in [3.05, 3.63) is 285 Å². The molecule has 15 rings (SSSR count). The third kappa shape index (κ3) is 6.48. The number of rotatable bonds is 7. The maximum Gasteiger partial charge on any atom is 0.180 e. The van der Waals surface area contributed by atoms with Crippen molar-refractivity contribution in [3.8, 4) is 61.3 Å². The highest BCUT2D eigenvalue weighted by Crippen LogP contribution is 2.41. The van der Waals surface area contributed by atoms with Crippen LogP contribution in [0.25, 0.3) is 115 Å². The van der Waals surface area contributed by atoms with E-state index in [1.54, 1.807) is 0 Å². The van der Waals surface area contributed by atoms with Crippen LogP contribution in [0.2, 0.25) is 0 Å². The van der Waals surface area contributed by atoms with Crippen LogP contribution in [0.1, 0.15) is 0 Å². The van der Waals surface area contributed by atoms with Crippen molar-refractivity contribution < 1.29 is 0 Å². The summed E-state index contributed by atoms with van der Waals surface area (Å²) in [6, 6.07) is 104. The minimum atomic E-state index is -2.72. The van der Waals surface area contributed by atoms with Gasteiger partial charge in [-0.3, -0.25) is 0 Å². The molecule has 0 atom stereocenters. The molecule has 0 amide bonds. The smallest absolute Gasteiger partial charge is 0.180 e. The first kappa shape index (κ1) is 42.3. The van der Waals surface area contributed by atoms with Crippen LogP contribution in [0.4, 0.5) is 0 Å². The quantitative estimate of drug-likeness (QED) is 0.111. The summed E-state index contributed by atoms with van der Waals surface area (Å²) < 4.78 is 2.45. The monoisotopic (exact) mass is 953 g/mol. The molecule has 0 saturated heterocycles. The van der Waals surface area contributed by atoms with Crippen molar-refractivity contribution in [3.63, 3.8) is 0 Å². The van der Waals surface area contributed by atoms with Gasteiger partial charge in [0.25, 0.3) is 0 Å². The Kier molecular flexibility index (Phi) is 9.66. The van der Waals surface area contributed by atoms with Crippen LogP contribution in [-0.4, -0.2) is 12.6 Å². The first-order valence-corrected chi connectivity index (χ1v) is 27.7. The van der Waals surface area contributed by atoms with E-state index in [4.69, 9.17) is 0 Å². The van der Waals surface area contributed by atoms with Crippen LogP contribution in [0.3, 0.4) is 0 Å². The molecule has 0 unspecified atom stereocenters. The van der Waals surface area contributed by atoms with E-state index in [2.05, 4.69) is 290 Å². The minimum absolute atomic E-state index is 1.16. The zero-order valence-electron chi connectivity index (χ0n) is 40.6. The van der Waals surface area contributed by atoms with E-state index in [1.165, 1.54) is 130 Å². The standard InChI is InChI=1S/C72H47NSi/c1-3-19-56(20-4-1)74(57-21-5-2-6-22-57)71-30-16-15-29-64(71)65-41-40-55(46-72(65)74)73-47-69(51-37-35-50(36-38-51)67-45-54-18-8-10-24-59(54)61-26-12-14-28-63(61)67)68-43-52(39-42-70(68)73)48-31-33-49(34-32-48)66-44-53-17-7-9-23-58(53)60-25-11-13-27-62(60)66/h1-47H. The summed E-state index contributed by atoms with van der Waals surface area (Å²) in [4.78, 5) is 0. The highest BCUT2D eigenvalue weighted by molar-refractivity contribution is 7.22. The van der Waals surface area contributed by atoms with Gasteiger partial charge in [-0.25, -0.2) is 0 Å². The molecule has 0 N–H and O–H groups in total. The van der Waals surface area contributed by atoms with Gasteiger partial charge in [0, 0.05) is 22.8 Å². The molecule has 13 aromatic carbocycles. The molecule has 0 radical (unpaired) electrons. The molecule has 0 spiro atoms. The van der Waals surface area contributed by atoms with Gasteiger partial charge in [-0.1, -0.05) is 243 Å². The Balaban J connectivity index is 0.902.